The number of esters is 1. The van der Waals surface area contributed by atoms with Gasteiger partial charge in [0.15, 0.2) is 0 Å². The Morgan fingerprint density at radius 2 is 0.719 bits per heavy atom. The van der Waals surface area contributed by atoms with Crippen LogP contribution in [0.4, 0.5) is 0 Å². The molecule has 0 saturated carbocycles. The molecule has 518 valence electrons. The molecule has 0 aromatic heterocycles. The first kappa shape index (κ1) is 86.2. The summed E-state index contributed by atoms with van der Waals surface area (Å²) in [6.45, 7) is 6.93. The molecule has 9 nitrogen and oxygen atoms in total. The first-order chi connectivity index (χ1) is 43.4. The second-order valence-electron chi connectivity index (χ2n) is 26.8. The number of phosphoric acid groups is 1. The van der Waals surface area contributed by atoms with Crippen molar-refractivity contribution in [2.24, 2.45) is 0 Å². The van der Waals surface area contributed by atoms with Crippen molar-refractivity contribution in [2.75, 3.05) is 40.9 Å². The van der Waals surface area contributed by atoms with Gasteiger partial charge in [0.1, 0.15) is 19.3 Å². The second-order valence-corrected chi connectivity index (χ2v) is 28.3. The largest absolute Gasteiger partial charge is 0.472 e. The summed E-state index contributed by atoms with van der Waals surface area (Å²) >= 11 is 0. The Morgan fingerprint density at radius 1 is 0.404 bits per heavy atom. The molecule has 0 fully saturated rings. The molecule has 0 aromatic rings. The third kappa shape index (κ3) is 69.4. The quantitative estimate of drug-likeness (QED) is 0.0205. The minimum absolute atomic E-state index is 0.0377. The zero-order chi connectivity index (χ0) is 64.9. The molecule has 0 saturated heterocycles. The van der Waals surface area contributed by atoms with Crippen molar-refractivity contribution in [2.45, 2.75) is 367 Å². The molecule has 89 heavy (non-hydrogen) atoms. The van der Waals surface area contributed by atoms with Crippen LogP contribution in [0.5, 0.6) is 0 Å². The number of ether oxygens (including phenoxy) is 1. The van der Waals surface area contributed by atoms with E-state index in [0.717, 1.165) is 109 Å². The molecule has 0 aromatic carbocycles. The van der Waals surface area contributed by atoms with Gasteiger partial charge in [-0.05, 0) is 83.1 Å². The third-order valence-corrected chi connectivity index (χ3v) is 17.8. The summed E-state index contributed by atoms with van der Waals surface area (Å²) in [6, 6.07) is -0.855. The summed E-state index contributed by atoms with van der Waals surface area (Å²) in [5, 5.41) is 3.08. The zero-order valence-electron chi connectivity index (χ0n) is 59.4. The summed E-state index contributed by atoms with van der Waals surface area (Å²) in [7, 11) is 1.50. The van der Waals surface area contributed by atoms with Crippen molar-refractivity contribution in [3.63, 3.8) is 0 Å². The number of rotatable bonds is 69. The van der Waals surface area contributed by atoms with Crippen LogP contribution < -0.4 is 5.32 Å². The normalized spacial score (nSPS) is 13.9. The fourth-order valence-corrected chi connectivity index (χ4v) is 11.8. The third-order valence-electron chi connectivity index (χ3n) is 16.8. The van der Waals surface area contributed by atoms with Crippen LogP contribution in [0.3, 0.4) is 0 Å². The van der Waals surface area contributed by atoms with Crippen molar-refractivity contribution < 1.29 is 37.3 Å². The van der Waals surface area contributed by atoms with E-state index in [9.17, 15) is 19.0 Å². The topological polar surface area (TPSA) is 111 Å². The molecule has 0 aliphatic rings. The van der Waals surface area contributed by atoms with E-state index in [1.54, 1.807) is 0 Å². The number of carbonyl (C=O) groups is 2. The number of unbranched alkanes of at least 4 members (excludes halogenated alkanes) is 41. The lowest BCUT2D eigenvalue weighted by Crippen LogP contribution is -2.47. The number of likely N-dealkylation sites (N-methyl/N-ethyl adjacent to an activating group) is 1. The van der Waals surface area contributed by atoms with Crippen LogP contribution in [0.15, 0.2) is 85.1 Å². The van der Waals surface area contributed by atoms with Gasteiger partial charge in [0.05, 0.1) is 33.8 Å². The average Bonchev–Trinajstić information content (AvgIpc) is 3.71. The summed E-state index contributed by atoms with van der Waals surface area (Å²) in [5.41, 5.74) is 0. The van der Waals surface area contributed by atoms with Gasteiger partial charge in [-0.3, -0.25) is 18.6 Å². The molecule has 3 unspecified atom stereocenters. The molecule has 3 atom stereocenters. The Morgan fingerprint density at radius 3 is 1.08 bits per heavy atom. The van der Waals surface area contributed by atoms with Crippen LogP contribution in [0.2, 0.25) is 0 Å². The average molecular weight is 1270 g/mol. The van der Waals surface area contributed by atoms with Gasteiger partial charge in [-0.1, -0.05) is 344 Å². The van der Waals surface area contributed by atoms with Crippen molar-refractivity contribution in [1.82, 2.24) is 5.32 Å². The Kier molecular flexibility index (Phi) is 65.9. The number of allylic oxidation sites excluding steroid dienone is 13. The first-order valence-corrected chi connectivity index (χ1v) is 39.4. The first-order valence-electron chi connectivity index (χ1n) is 37.9. The van der Waals surface area contributed by atoms with Crippen molar-refractivity contribution in [1.29, 1.82) is 0 Å². The van der Waals surface area contributed by atoms with Crippen LogP contribution in [-0.4, -0.2) is 74.3 Å². The molecular weight excluding hydrogens is 1120 g/mol. The van der Waals surface area contributed by atoms with Crippen molar-refractivity contribution in [3.8, 4) is 0 Å². The summed E-state index contributed by atoms with van der Waals surface area (Å²) < 4.78 is 30.9. The van der Waals surface area contributed by atoms with Crippen molar-refractivity contribution in [3.05, 3.63) is 85.1 Å². The number of nitrogens with one attached hydrogen (secondary N) is 1. The summed E-state index contributed by atoms with van der Waals surface area (Å²) in [4.78, 5) is 38.0. The van der Waals surface area contributed by atoms with Crippen LogP contribution >= 0.6 is 7.82 Å². The molecule has 0 heterocycles. The van der Waals surface area contributed by atoms with Gasteiger partial charge in [0.25, 0.3) is 0 Å². The van der Waals surface area contributed by atoms with E-state index in [-0.39, 0.29) is 31.5 Å². The highest BCUT2D eigenvalue weighted by atomic mass is 31.2. The van der Waals surface area contributed by atoms with Crippen LogP contribution in [0, 0.1) is 0 Å². The molecule has 10 heteroatoms. The lowest BCUT2D eigenvalue weighted by atomic mass is 10.0. The second kappa shape index (κ2) is 68.1. The van der Waals surface area contributed by atoms with Crippen LogP contribution in [0.25, 0.3) is 0 Å². The minimum Gasteiger partial charge on any atom is -0.456 e. The predicted octanol–water partition coefficient (Wildman–Crippen LogP) is 24.5. The highest BCUT2D eigenvalue weighted by Gasteiger charge is 2.30. The summed E-state index contributed by atoms with van der Waals surface area (Å²) in [6.07, 6.45) is 91.8. The number of phosphoric ester groups is 1. The maximum absolute atomic E-state index is 13.6. The molecule has 2 N–H and O–H groups in total. The molecule has 0 rings (SSSR count). The SMILES string of the molecule is CC/C=C\C/C=C\C/C=C\C/C=C\C/C=C\C/C=C\CCCCCCCCCCC(=O)OC(/C=C/CCCCCCCCCCC)C(COP(=O)(O)OCC[N+](C)(C)C)NC(=O)CCCCCCCCCCCCCCCCCCCCCCCCCCC. The standard InChI is InChI=1S/C79H145N2O7P/c1-7-10-13-16-19-22-25-27-29-31-33-35-37-39-40-42-44-46-48-50-52-54-57-60-63-66-69-72-79(83)88-77(70-67-64-61-58-55-24-21-18-15-12-9-3)76(75-87-89(84,85)86-74-73-81(4,5)6)80-78(82)71-68-65-62-59-56-53-51-49-47-45-43-41-38-36-34-32-30-28-26-23-20-17-14-11-8-2/h10,13,19,22,27,29,33,35,39-40,44,46,67,70,76-77H,7-9,11-12,14-18,20-21,23-26,28,30-32,34,36-38,41-43,45,47-66,68-69,71-75H2,1-6H3,(H-,80,82,84,85)/p+1/b13-10-,22-19-,29-27-,35-33-,40-39-,46-44-,70-67+. The van der Waals surface area contributed by atoms with Gasteiger partial charge in [-0.2, -0.15) is 0 Å². The fourth-order valence-electron chi connectivity index (χ4n) is 11.1. The molecule has 0 spiro atoms. The molecule has 0 bridgehead atoms. The maximum atomic E-state index is 13.6. The molecular formula is C79H146N2O7P+. The molecule has 0 radical (unpaired) electrons. The highest BCUT2D eigenvalue weighted by molar-refractivity contribution is 7.47. The van der Waals surface area contributed by atoms with Gasteiger partial charge in [-0.15, -0.1) is 0 Å². The van der Waals surface area contributed by atoms with E-state index < -0.39 is 20.0 Å². The minimum atomic E-state index is -4.46. The molecule has 1 amide bonds. The van der Waals surface area contributed by atoms with E-state index >= 15 is 0 Å². The smallest absolute Gasteiger partial charge is 0.456 e. The van der Waals surface area contributed by atoms with Gasteiger partial charge >= 0.3 is 13.8 Å². The highest BCUT2D eigenvalue weighted by Crippen LogP contribution is 2.43. The Labute approximate surface area is 552 Å². The molecule has 0 aliphatic carbocycles. The number of carbonyl (C=O) groups excluding carboxylic acids is 2. The summed E-state index contributed by atoms with van der Waals surface area (Å²) in [5.74, 6) is -0.503. The van der Waals surface area contributed by atoms with E-state index in [4.69, 9.17) is 13.8 Å². The van der Waals surface area contributed by atoms with E-state index in [2.05, 4.69) is 99.0 Å². The number of hydrogen-bond donors (Lipinski definition) is 2. The van der Waals surface area contributed by atoms with Gasteiger partial charge < -0.3 is 19.4 Å². The fraction of sp³-hybridized carbons (Fsp3) is 0.797. The zero-order valence-corrected chi connectivity index (χ0v) is 60.3. The monoisotopic (exact) mass is 1270 g/mol. The van der Waals surface area contributed by atoms with Crippen molar-refractivity contribution >= 4 is 19.7 Å². The lowest BCUT2D eigenvalue weighted by Gasteiger charge is -2.27. The number of amides is 1. The van der Waals surface area contributed by atoms with Gasteiger partial charge in [0.2, 0.25) is 5.91 Å². The van der Waals surface area contributed by atoms with E-state index in [1.807, 2.05) is 33.3 Å². The number of quaternary nitrogens is 1. The van der Waals surface area contributed by atoms with Gasteiger partial charge in [-0.25, -0.2) is 4.57 Å². The van der Waals surface area contributed by atoms with E-state index in [0.29, 0.717) is 17.4 Å². The Bertz CT molecular complexity index is 1800. The molecule has 0 aliphatic heterocycles. The van der Waals surface area contributed by atoms with Crippen LogP contribution in [-0.2, 0) is 27.9 Å². The van der Waals surface area contributed by atoms with Crippen LogP contribution in [0.1, 0.15) is 355 Å². The van der Waals surface area contributed by atoms with E-state index in [1.165, 1.54) is 212 Å². The predicted molar refractivity (Wildman–Crippen MR) is 388 cm³/mol. The maximum Gasteiger partial charge on any atom is 0.472 e. The Balaban J connectivity index is 4.95. The number of hydrogen-bond acceptors (Lipinski definition) is 6. The lowest BCUT2D eigenvalue weighted by molar-refractivity contribution is -0.870. The Hall–Kier alpha value is -2.81. The van der Waals surface area contributed by atoms with Gasteiger partial charge in [0, 0.05) is 12.8 Å². The number of nitrogens with zero attached hydrogens (tertiary/aromatic N) is 1.